The van der Waals surface area contributed by atoms with Gasteiger partial charge in [0, 0.05) is 30.6 Å². The second-order valence-electron chi connectivity index (χ2n) is 4.78. The molecular formula is C14H20BrNO3. The van der Waals surface area contributed by atoms with Crippen molar-refractivity contribution in [2.45, 2.75) is 18.8 Å². The highest BCUT2D eigenvalue weighted by Crippen LogP contribution is 2.18. The molecular weight excluding hydrogens is 310 g/mol. The Balaban J connectivity index is 1.81. The standard InChI is InChI=1S/C14H20BrNO3/c1-18-13-9-19-8-11(14(13)17)7-16-6-10-4-2-3-5-12(10)15/h2-5,11,13-14,16-17H,6-9H2,1H3/t11-,13-,14+/m1/s1. The second-order valence-corrected chi connectivity index (χ2v) is 5.64. The van der Waals surface area contributed by atoms with Gasteiger partial charge in [0.1, 0.15) is 6.10 Å². The van der Waals surface area contributed by atoms with Gasteiger partial charge in [0.05, 0.1) is 19.3 Å². The Morgan fingerprint density at radius 2 is 2.21 bits per heavy atom. The molecule has 1 fully saturated rings. The molecule has 1 aromatic rings. The van der Waals surface area contributed by atoms with Crippen LogP contribution in [0, 0.1) is 5.92 Å². The van der Waals surface area contributed by atoms with E-state index >= 15 is 0 Å². The minimum atomic E-state index is -0.467. The lowest BCUT2D eigenvalue weighted by atomic mass is 9.96. The Morgan fingerprint density at radius 3 is 2.95 bits per heavy atom. The Hall–Kier alpha value is -0.460. The molecule has 1 saturated heterocycles. The summed E-state index contributed by atoms with van der Waals surface area (Å²) in [6, 6.07) is 8.11. The number of hydrogen-bond donors (Lipinski definition) is 2. The lowest BCUT2D eigenvalue weighted by molar-refractivity contribution is -0.133. The van der Waals surface area contributed by atoms with Gasteiger partial charge < -0.3 is 19.9 Å². The van der Waals surface area contributed by atoms with Crippen LogP contribution in [-0.2, 0) is 16.0 Å². The van der Waals surface area contributed by atoms with Gasteiger partial charge in [-0.15, -0.1) is 0 Å². The third-order valence-corrected chi connectivity index (χ3v) is 4.23. The second kappa shape index (κ2) is 7.36. The molecule has 0 unspecified atom stereocenters. The lowest BCUT2D eigenvalue weighted by Crippen LogP contribution is -2.48. The summed E-state index contributed by atoms with van der Waals surface area (Å²) in [5, 5.41) is 13.5. The number of rotatable bonds is 5. The van der Waals surface area contributed by atoms with Crippen LogP contribution in [0.5, 0.6) is 0 Å². The SMILES string of the molecule is CO[C@@H]1COC[C@@H](CNCc2ccccc2Br)[C@@H]1O. The maximum atomic E-state index is 10.1. The van der Waals surface area contributed by atoms with E-state index in [0.29, 0.717) is 19.8 Å². The smallest absolute Gasteiger partial charge is 0.107 e. The van der Waals surface area contributed by atoms with Crippen molar-refractivity contribution in [2.24, 2.45) is 5.92 Å². The van der Waals surface area contributed by atoms with Crippen LogP contribution in [0.1, 0.15) is 5.56 Å². The van der Waals surface area contributed by atoms with Gasteiger partial charge in [-0.25, -0.2) is 0 Å². The van der Waals surface area contributed by atoms with Gasteiger partial charge in [-0.1, -0.05) is 34.1 Å². The molecule has 106 valence electrons. The van der Waals surface area contributed by atoms with Crippen LogP contribution in [0.2, 0.25) is 0 Å². The predicted octanol–water partition coefficient (Wildman–Crippen LogP) is 1.56. The average molecular weight is 330 g/mol. The van der Waals surface area contributed by atoms with Gasteiger partial charge >= 0.3 is 0 Å². The fourth-order valence-corrected chi connectivity index (χ4v) is 2.68. The van der Waals surface area contributed by atoms with E-state index in [1.165, 1.54) is 5.56 Å². The van der Waals surface area contributed by atoms with Crippen LogP contribution < -0.4 is 5.32 Å². The van der Waals surface area contributed by atoms with Crippen LogP contribution in [0.4, 0.5) is 0 Å². The minimum absolute atomic E-state index is 0.0705. The molecule has 0 aliphatic carbocycles. The summed E-state index contributed by atoms with van der Waals surface area (Å²) in [5.74, 6) is 0.0705. The zero-order chi connectivity index (χ0) is 13.7. The first kappa shape index (κ1) is 14.9. The third-order valence-electron chi connectivity index (χ3n) is 3.46. The van der Waals surface area contributed by atoms with Crippen LogP contribution >= 0.6 is 15.9 Å². The molecule has 0 spiro atoms. The van der Waals surface area contributed by atoms with Gasteiger partial charge in [0.2, 0.25) is 0 Å². The minimum Gasteiger partial charge on any atom is -0.390 e. The van der Waals surface area contributed by atoms with E-state index in [2.05, 4.69) is 27.3 Å². The molecule has 0 aromatic heterocycles. The van der Waals surface area contributed by atoms with Crippen molar-refractivity contribution in [3.8, 4) is 0 Å². The van der Waals surface area contributed by atoms with E-state index in [4.69, 9.17) is 9.47 Å². The molecule has 19 heavy (non-hydrogen) atoms. The Labute approximate surface area is 122 Å². The molecule has 3 atom stereocenters. The summed E-state index contributed by atoms with van der Waals surface area (Å²) in [7, 11) is 1.61. The highest BCUT2D eigenvalue weighted by atomic mass is 79.9. The first-order chi connectivity index (χ1) is 9.22. The summed E-state index contributed by atoms with van der Waals surface area (Å²) in [6.07, 6.45) is -0.686. The quantitative estimate of drug-likeness (QED) is 0.860. The molecule has 5 heteroatoms. The monoisotopic (exact) mass is 329 g/mol. The molecule has 0 bridgehead atoms. The highest BCUT2D eigenvalue weighted by Gasteiger charge is 2.32. The topological polar surface area (TPSA) is 50.7 Å². The lowest BCUT2D eigenvalue weighted by Gasteiger charge is -2.33. The van der Waals surface area contributed by atoms with Crippen molar-refractivity contribution in [1.82, 2.24) is 5.32 Å². The van der Waals surface area contributed by atoms with Crippen LogP contribution in [0.25, 0.3) is 0 Å². The van der Waals surface area contributed by atoms with Crippen molar-refractivity contribution in [2.75, 3.05) is 26.9 Å². The Kier molecular flexibility index (Phi) is 5.78. The van der Waals surface area contributed by atoms with Crippen molar-refractivity contribution in [3.63, 3.8) is 0 Å². The molecule has 0 amide bonds. The highest BCUT2D eigenvalue weighted by molar-refractivity contribution is 9.10. The summed E-state index contributed by atoms with van der Waals surface area (Å²) in [4.78, 5) is 0. The van der Waals surface area contributed by atoms with Gasteiger partial charge in [0.25, 0.3) is 0 Å². The van der Waals surface area contributed by atoms with E-state index in [9.17, 15) is 5.11 Å². The molecule has 1 aliphatic rings. The number of hydrogen-bond acceptors (Lipinski definition) is 4. The molecule has 2 rings (SSSR count). The first-order valence-corrected chi connectivity index (χ1v) is 7.24. The van der Waals surface area contributed by atoms with E-state index in [1.54, 1.807) is 7.11 Å². The van der Waals surface area contributed by atoms with Crippen molar-refractivity contribution >= 4 is 15.9 Å². The summed E-state index contributed by atoms with van der Waals surface area (Å²) >= 11 is 3.52. The van der Waals surface area contributed by atoms with Crippen LogP contribution in [0.15, 0.2) is 28.7 Å². The summed E-state index contributed by atoms with van der Waals surface area (Å²) < 4.78 is 11.8. The van der Waals surface area contributed by atoms with Crippen LogP contribution in [0.3, 0.4) is 0 Å². The normalized spacial score (nSPS) is 27.4. The Bertz CT molecular complexity index is 402. The maximum Gasteiger partial charge on any atom is 0.107 e. The fraction of sp³-hybridized carbons (Fsp3) is 0.571. The molecule has 1 aromatic carbocycles. The number of halogens is 1. The van der Waals surface area contributed by atoms with Gasteiger partial charge in [-0.3, -0.25) is 0 Å². The predicted molar refractivity (Wildman–Crippen MR) is 77.0 cm³/mol. The fourth-order valence-electron chi connectivity index (χ4n) is 2.26. The molecule has 1 heterocycles. The third kappa shape index (κ3) is 4.00. The average Bonchev–Trinajstić information content (AvgIpc) is 2.43. The molecule has 0 saturated carbocycles. The Morgan fingerprint density at radius 1 is 1.42 bits per heavy atom. The summed E-state index contributed by atoms with van der Waals surface area (Å²) in [5.41, 5.74) is 1.21. The van der Waals surface area contributed by atoms with Crippen molar-refractivity contribution in [3.05, 3.63) is 34.3 Å². The number of benzene rings is 1. The molecule has 2 N–H and O–H groups in total. The van der Waals surface area contributed by atoms with E-state index in [1.807, 2.05) is 18.2 Å². The van der Waals surface area contributed by atoms with E-state index < -0.39 is 6.10 Å². The first-order valence-electron chi connectivity index (χ1n) is 6.45. The molecule has 1 aliphatic heterocycles. The van der Waals surface area contributed by atoms with Gasteiger partial charge in [-0.05, 0) is 11.6 Å². The number of aliphatic hydroxyl groups is 1. The molecule has 0 radical (unpaired) electrons. The zero-order valence-electron chi connectivity index (χ0n) is 11.0. The van der Waals surface area contributed by atoms with Gasteiger partial charge in [-0.2, -0.15) is 0 Å². The van der Waals surface area contributed by atoms with Crippen LogP contribution in [-0.4, -0.2) is 44.2 Å². The van der Waals surface area contributed by atoms with E-state index in [0.717, 1.165) is 11.0 Å². The summed E-state index contributed by atoms with van der Waals surface area (Å²) in [6.45, 7) is 2.52. The number of methoxy groups -OCH3 is 1. The largest absolute Gasteiger partial charge is 0.390 e. The number of aliphatic hydroxyl groups excluding tert-OH is 1. The maximum absolute atomic E-state index is 10.1. The number of ether oxygens (including phenoxy) is 2. The zero-order valence-corrected chi connectivity index (χ0v) is 12.6. The van der Waals surface area contributed by atoms with Crippen molar-refractivity contribution < 1.29 is 14.6 Å². The van der Waals surface area contributed by atoms with Crippen molar-refractivity contribution in [1.29, 1.82) is 0 Å². The number of nitrogens with one attached hydrogen (secondary N) is 1. The van der Waals surface area contributed by atoms with Gasteiger partial charge in [0.15, 0.2) is 0 Å². The molecule has 4 nitrogen and oxygen atoms in total. The van der Waals surface area contributed by atoms with E-state index in [-0.39, 0.29) is 12.0 Å².